The van der Waals surface area contributed by atoms with Crippen LogP contribution in [0.25, 0.3) is 0 Å². The van der Waals surface area contributed by atoms with E-state index in [9.17, 15) is 8.78 Å². The number of benzene rings is 2. The maximum atomic E-state index is 13.6. The molecule has 4 heteroatoms. The Morgan fingerprint density at radius 1 is 1.06 bits per heavy atom. The average molecular weight is 265 g/mol. The molecule has 2 aromatic carbocycles. The van der Waals surface area contributed by atoms with Gasteiger partial charge in [-0.1, -0.05) is 18.2 Å². The molecule has 0 aliphatic rings. The van der Waals surface area contributed by atoms with Crippen molar-refractivity contribution in [3.63, 3.8) is 0 Å². The molecule has 0 spiro atoms. The molecule has 2 aromatic rings. The van der Waals surface area contributed by atoms with Gasteiger partial charge < -0.3 is 5.73 Å². The van der Waals surface area contributed by atoms with E-state index in [4.69, 9.17) is 5.73 Å². The number of rotatable bonds is 4. The van der Waals surface area contributed by atoms with Crippen molar-refractivity contribution in [2.45, 2.75) is 17.2 Å². The molecule has 0 fully saturated rings. The molecule has 0 atom stereocenters. The van der Waals surface area contributed by atoms with Gasteiger partial charge in [0, 0.05) is 17.2 Å². The normalized spacial score (nSPS) is 10.6. The second-order valence-electron chi connectivity index (χ2n) is 3.88. The second kappa shape index (κ2) is 5.98. The minimum atomic E-state index is -0.281. The van der Waals surface area contributed by atoms with E-state index in [-0.39, 0.29) is 11.6 Å². The minimum Gasteiger partial charge on any atom is -0.326 e. The molecule has 0 saturated carbocycles. The van der Waals surface area contributed by atoms with Crippen molar-refractivity contribution in [1.82, 2.24) is 0 Å². The summed E-state index contributed by atoms with van der Waals surface area (Å²) in [6, 6.07) is 11.1. The molecular formula is C14H13F2NS. The molecule has 0 bridgehead atoms. The van der Waals surface area contributed by atoms with Crippen molar-refractivity contribution >= 4 is 11.8 Å². The minimum absolute atomic E-state index is 0.254. The van der Waals surface area contributed by atoms with Crippen molar-refractivity contribution in [1.29, 1.82) is 0 Å². The summed E-state index contributed by atoms with van der Waals surface area (Å²) in [6.07, 6.45) is 0. The van der Waals surface area contributed by atoms with Gasteiger partial charge >= 0.3 is 0 Å². The smallest absolute Gasteiger partial charge is 0.127 e. The van der Waals surface area contributed by atoms with E-state index in [1.807, 2.05) is 0 Å². The van der Waals surface area contributed by atoms with Gasteiger partial charge in [0.15, 0.2) is 0 Å². The summed E-state index contributed by atoms with van der Waals surface area (Å²) in [5.74, 6) is -0.0735. The number of hydrogen-bond donors (Lipinski definition) is 1. The average Bonchev–Trinajstić information content (AvgIpc) is 2.38. The van der Waals surface area contributed by atoms with E-state index in [1.165, 1.54) is 30.0 Å². The summed E-state index contributed by atoms with van der Waals surface area (Å²) in [6.45, 7) is 0.387. The van der Waals surface area contributed by atoms with Crippen molar-refractivity contribution in [3.8, 4) is 0 Å². The Morgan fingerprint density at radius 3 is 2.61 bits per heavy atom. The summed E-state index contributed by atoms with van der Waals surface area (Å²) >= 11 is 1.40. The highest BCUT2D eigenvalue weighted by molar-refractivity contribution is 7.98. The zero-order chi connectivity index (χ0) is 13.0. The van der Waals surface area contributed by atoms with Gasteiger partial charge in [-0.25, -0.2) is 8.78 Å². The van der Waals surface area contributed by atoms with Crippen molar-refractivity contribution in [2.24, 2.45) is 5.73 Å². The molecule has 0 radical (unpaired) electrons. The Hall–Kier alpha value is -1.39. The van der Waals surface area contributed by atoms with E-state index in [2.05, 4.69) is 0 Å². The SMILES string of the molecule is NCc1ccc(F)c(CSc2cccc(F)c2)c1. The Labute approximate surface area is 109 Å². The molecule has 2 N–H and O–H groups in total. The molecule has 2 rings (SSSR count). The zero-order valence-electron chi connectivity index (χ0n) is 9.70. The van der Waals surface area contributed by atoms with Crippen LogP contribution in [0.1, 0.15) is 11.1 Å². The number of nitrogens with two attached hydrogens (primary N) is 1. The fourth-order valence-electron chi connectivity index (χ4n) is 1.58. The van der Waals surface area contributed by atoms with Crippen LogP contribution >= 0.6 is 11.8 Å². The Bertz CT molecular complexity index is 543. The third kappa shape index (κ3) is 3.31. The van der Waals surface area contributed by atoms with Gasteiger partial charge in [-0.15, -0.1) is 11.8 Å². The number of halogens is 2. The Morgan fingerprint density at radius 2 is 1.89 bits per heavy atom. The van der Waals surface area contributed by atoms with E-state index in [0.717, 1.165) is 10.5 Å². The van der Waals surface area contributed by atoms with Crippen LogP contribution < -0.4 is 5.73 Å². The standard InChI is InChI=1S/C14H13F2NS/c15-12-2-1-3-13(7-12)18-9-11-6-10(8-17)4-5-14(11)16/h1-7H,8-9,17H2. The van der Waals surface area contributed by atoms with Crippen molar-refractivity contribution in [3.05, 3.63) is 65.2 Å². The highest BCUT2D eigenvalue weighted by Gasteiger charge is 2.04. The predicted octanol–water partition coefficient (Wildman–Crippen LogP) is 3.72. The monoisotopic (exact) mass is 265 g/mol. The Balaban J connectivity index is 2.10. The first-order valence-electron chi connectivity index (χ1n) is 5.55. The second-order valence-corrected chi connectivity index (χ2v) is 4.92. The summed E-state index contributed by atoms with van der Waals surface area (Å²) in [5.41, 5.74) is 7.00. The highest BCUT2D eigenvalue weighted by Crippen LogP contribution is 2.25. The zero-order valence-corrected chi connectivity index (χ0v) is 10.5. The van der Waals surface area contributed by atoms with E-state index in [1.54, 1.807) is 24.3 Å². The molecule has 0 unspecified atom stereocenters. The lowest BCUT2D eigenvalue weighted by Crippen LogP contribution is -1.98. The Kier molecular flexibility index (Phi) is 4.33. The summed E-state index contributed by atoms with van der Waals surface area (Å²) in [5, 5.41) is 0. The molecular weight excluding hydrogens is 252 g/mol. The molecule has 0 aliphatic heterocycles. The van der Waals surface area contributed by atoms with E-state index >= 15 is 0 Å². The van der Waals surface area contributed by atoms with Crippen molar-refractivity contribution in [2.75, 3.05) is 0 Å². The predicted molar refractivity (Wildman–Crippen MR) is 70.3 cm³/mol. The fourth-order valence-corrected chi connectivity index (χ4v) is 2.50. The quantitative estimate of drug-likeness (QED) is 0.853. The molecule has 94 valence electrons. The largest absolute Gasteiger partial charge is 0.326 e. The van der Waals surface area contributed by atoms with Crippen LogP contribution in [0.15, 0.2) is 47.4 Å². The van der Waals surface area contributed by atoms with Gasteiger partial charge in [-0.3, -0.25) is 0 Å². The third-order valence-corrected chi connectivity index (χ3v) is 3.58. The molecule has 0 aliphatic carbocycles. The van der Waals surface area contributed by atoms with Gasteiger partial charge in [0.25, 0.3) is 0 Å². The first-order valence-corrected chi connectivity index (χ1v) is 6.53. The third-order valence-electron chi connectivity index (χ3n) is 2.54. The van der Waals surface area contributed by atoms with Crippen LogP contribution in [0.4, 0.5) is 8.78 Å². The number of hydrogen-bond acceptors (Lipinski definition) is 2. The van der Waals surface area contributed by atoms with Crippen LogP contribution in [0.3, 0.4) is 0 Å². The van der Waals surface area contributed by atoms with E-state index in [0.29, 0.717) is 17.9 Å². The molecule has 1 nitrogen and oxygen atoms in total. The van der Waals surface area contributed by atoms with Gasteiger partial charge in [0.2, 0.25) is 0 Å². The summed E-state index contributed by atoms with van der Waals surface area (Å²) < 4.78 is 26.5. The molecule has 0 heterocycles. The maximum absolute atomic E-state index is 13.6. The molecule has 0 saturated heterocycles. The summed E-state index contributed by atoms with van der Waals surface area (Å²) in [4.78, 5) is 0.785. The van der Waals surface area contributed by atoms with Crippen LogP contribution in [0.5, 0.6) is 0 Å². The molecule has 0 amide bonds. The van der Waals surface area contributed by atoms with Gasteiger partial charge in [0.05, 0.1) is 0 Å². The first-order chi connectivity index (χ1) is 8.69. The van der Waals surface area contributed by atoms with Gasteiger partial charge in [-0.05, 0) is 35.4 Å². The molecule has 0 aromatic heterocycles. The van der Waals surface area contributed by atoms with Gasteiger partial charge in [0.1, 0.15) is 11.6 Å². The van der Waals surface area contributed by atoms with Crippen LogP contribution in [0.2, 0.25) is 0 Å². The lowest BCUT2D eigenvalue weighted by Gasteiger charge is -2.06. The lowest BCUT2D eigenvalue weighted by atomic mass is 10.1. The maximum Gasteiger partial charge on any atom is 0.127 e. The van der Waals surface area contributed by atoms with Crippen LogP contribution in [-0.4, -0.2) is 0 Å². The van der Waals surface area contributed by atoms with Crippen LogP contribution in [-0.2, 0) is 12.3 Å². The molecule has 18 heavy (non-hydrogen) atoms. The topological polar surface area (TPSA) is 26.0 Å². The number of thioether (sulfide) groups is 1. The lowest BCUT2D eigenvalue weighted by molar-refractivity contribution is 0.616. The fraction of sp³-hybridized carbons (Fsp3) is 0.143. The highest BCUT2D eigenvalue weighted by atomic mass is 32.2. The van der Waals surface area contributed by atoms with Crippen LogP contribution in [0, 0.1) is 11.6 Å². The summed E-state index contributed by atoms with van der Waals surface area (Å²) in [7, 11) is 0. The van der Waals surface area contributed by atoms with Crippen molar-refractivity contribution < 1.29 is 8.78 Å². The van der Waals surface area contributed by atoms with Gasteiger partial charge in [-0.2, -0.15) is 0 Å². The first kappa shape index (κ1) is 13.1. The van der Waals surface area contributed by atoms with E-state index < -0.39 is 0 Å².